The molecule has 2 rings (SSSR count). The van der Waals surface area contributed by atoms with Crippen LogP contribution in [0.15, 0.2) is 36.4 Å². The largest absolute Gasteiger partial charge is 0.477 e. The van der Waals surface area contributed by atoms with Gasteiger partial charge in [-0.1, -0.05) is 24.3 Å². The third-order valence-electron chi connectivity index (χ3n) is 3.05. The van der Waals surface area contributed by atoms with Gasteiger partial charge in [-0.2, -0.15) is 0 Å². The summed E-state index contributed by atoms with van der Waals surface area (Å²) in [7, 11) is 1.65. The van der Waals surface area contributed by atoms with Gasteiger partial charge >= 0.3 is 5.97 Å². The Bertz CT molecular complexity index is 591. The molecule has 1 heterocycles. The van der Waals surface area contributed by atoms with Crippen LogP contribution in [0.25, 0.3) is 10.4 Å². The van der Waals surface area contributed by atoms with Crippen LogP contribution in [0.3, 0.4) is 0 Å². The maximum Gasteiger partial charge on any atom is 0.345 e. The second-order valence-electron chi connectivity index (χ2n) is 4.48. The third-order valence-corrected chi connectivity index (χ3v) is 4.15. The van der Waals surface area contributed by atoms with Crippen molar-refractivity contribution in [2.75, 3.05) is 26.9 Å². The summed E-state index contributed by atoms with van der Waals surface area (Å²) in [6.07, 6.45) is 0.792. The molecule has 0 saturated heterocycles. The van der Waals surface area contributed by atoms with Crippen LogP contribution in [0.4, 0.5) is 0 Å². The summed E-state index contributed by atoms with van der Waals surface area (Å²) in [5, 5.41) is 9.02. The second-order valence-corrected chi connectivity index (χ2v) is 5.57. The van der Waals surface area contributed by atoms with Gasteiger partial charge in [0.2, 0.25) is 0 Å². The van der Waals surface area contributed by atoms with Gasteiger partial charge in [0.05, 0.1) is 19.8 Å². The van der Waals surface area contributed by atoms with Gasteiger partial charge in [-0.05, 0) is 29.7 Å². The van der Waals surface area contributed by atoms with E-state index >= 15 is 0 Å². The fourth-order valence-corrected chi connectivity index (χ4v) is 2.91. The molecule has 0 aliphatic carbocycles. The number of ether oxygens (including phenoxy) is 2. The molecule has 0 bridgehead atoms. The number of methoxy groups -OCH3 is 1. The van der Waals surface area contributed by atoms with Crippen molar-refractivity contribution in [3.05, 3.63) is 46.8 Å². The molecule has 0 fully saturated rings. The summed E-state index contributed by atoms with van der Waals surface area (Å²) < 4.78 is 10.4. The Balaban J connectivity index is 2.07. The average Bonchev–Trinajstić information content (AvgIpc) is 2.97. The first-order chi connectivity index (χ1) is 10.2. The first-order valence-electron chi connectivity index (χ1n) is 6.70. The lowest BCUT2D eigenvalue weighted by atomic mass is 10.0. The molecule has 4 nitrogen and oxygen atoms in total. The zero-order chi connectivity index (χ0) is 15.1. The van der Waals surface area contributed by atoms with E-state index in [0.29, 0.717) is 24.7 Å². The van der Waals surface area contributed by atoms with Gasteiger partial charge in [0.15, 0.2) is 0 Å². The topological polar surface area (TPSA) is 55.8 Å². The number of carbonyl (C=O) groups is 1. The van der Waals surface area contributed by atoms with Gasteiger partial charge < -0.3 is 14.6 Å². The lowest BCUT2D eigenvalue weighted by Crippen LogP contribution is -2.05. The highest BCUT2D eigenvalue weighted by molar-refractivity contribution is 7.17. The number of carboxylic acid groups (broad SMARTS) is 1. The lowest BCUT2D eigenvalue weighted by Gasteiger charge is -2.08. The van der Waals surface area contributed by atoms with Gasteiger partial charge in [-0.25, -0.2) is 4.79 Å². The van der Waals surface area contributed by atoms with Gasteiger partial charge in [-0.15, -0.1) is 11.3 Å². The Labute approximate surface area is 128 Å². The van der Waals surface area contributed by atoms with E-state index in [-0.39, 0.29) is 0 Å². The molecule has 5 heteroatoms. The molecule has 1 aromatic carbocycles. The number of thiophene rings is 1. The molecule has 1 N–H and O–H groups in total. The van der Waals surface area contributed by atoms with Crippen molar-refractivity contribution in [1.82, 2.24) is 0 Å². The summed E-state index contributed by atoms with van der Waals surface area (Å²) in [5.74, 6) is -0.883. The number of hydrogen-bond acceptors (Lipinski definition) is 4. The monoisotopic (exact) mass is 306 g/mol. The van der Waals surface area contributed by atoms with Gasteiger partial charge in [0, 0.05) is 12.0 Å². The predicted molar refractivity (Wildman–Crippen MR) is 83.1 cm³/mol. The molecule has 112 valence electrons. The van der Waals surface area contributed by atoms with Crippen LogP contribution < -0.4 is 0 Å². The van der Waals surface area contributed by atoms with Crippen LogP contribution in [0.2, 0.25) is 0 Å². The minimum atomic E-state index is -0.883. The van der Waals surface area contributed by atoms with Crippen molar-refractivity contribution < 1.29 is 19.4 Å². The molecule has 0 radical (unpaired) electrons. The van der Waals surface area contributed by atoms with E-state index in [4.69, 9.17) is 14.6 Å². The van der Waals surface area contributed by atoms with Crippen molar-refractivity contribution in [1.29, 1.82) is 0 Å². The first-order valence-corrected chi connectivity index (χ1v) is 7.52. The molecule has 2 aromatic rings. The molecular weight excluding hydrogens is 288 g/mol. The summed E-state index contributed by atoms with van der Waals surface area (Å²) in [6.45, 7) is 1.80. The van der Waals surface area contributed by atoms with E-state index < -0.39 is 5.97 Å². The lowest BCUT2D eigenvalue weighted by molar-refractivity contribution is 0.0702. The van der Waals surface area contributed by atoms with Gasteiger partial charge in [-0.3, -0.25) is 0 Å². The van der Waals surface area contributed by atoms with Gasteiger partial charge in [0.25, 0.3) is 0 Å². The summed E-state index contributed by atoms with van der Waals surface area (Å²) in [6, 6.07) is 11.5. The Morgan fingerprint density at radius 1 is 1.14 bits per heavy atom. The molecule has 0 aliphatic rings. The molecular formula is C16H18O4S. The molecule has 0 aliphatic heterocycles. The van der Waals surface area contributed by atoms with E-state index in [9.17, 15) is 4.79 Å². The molecule has 21 heavy (non-hydrogen) atoms. The molecule has 0 atom stereocenters. The Morgan fingerprint density at radius 2 is 1.95 bits per heavy atom. The fraction of sp³-hybridized carbons (Fsp3) is 0.312. The number of hydrogen-bond donors (Lipinski definition) is 1. The fourth-order valence-electron chi connectivity index (χ4n) is 2.00. The Kier molecular flexibility index (Phi) is 5.92. The van der Waals surface area contributed by atoms with Crippen molar-refractivity contribution in [2.24, 2.45) is 0 Å². The van der Waals surface area contributed by atoms with Crippen LogP contribution in [0.1, 0.15) is 15.2 Å². The Morgan fingerprint density at radius 3 is 2.67 bits per heavy atom. The molecule has 0 unspecified atom stereocenters. The highest BCUT2D eigenvalue weighted by Crippen LogP contribution is 2.31. The number of benzene rings is 1. The van der Waals surface area contributed by atoms with Crippen LogP contribution in [-0.4, -0.2) is 38.0 Å². The van der Waals surface area contributed by atoms with Gasteiger partial charge in [0.1, 0.15) is 4.88 Å². The molecule has 0 amide bonds. The number of carboxylic acids is 1. The van der Waals surface area contributed by atoms with E-state index in [1.165, 1.54) is 11.3 Å². The van der Waals surface area contributed by atoms with Crippen molar-refractivity contribution in [3.8, 4) is 10.4 Å². The molecule has 0 spiro atoms. The standard InChI is InChI=1S/C16H18O4S/c1-19-10-11-20-9-8-12-4-2-3-5-13(12)14-6-7-15(21-14)16(17)18/h2-7H,8-11H2,1H3,(H,17,18). The minimum absolute atomic E-state index is 0.358. The van der Waals surface area contributed by atoms with E-state index in [2.05, 4.69) is 6.07 Å². The van der Waals surface area contributed by atoms with Crippen LogP contribution in [-0.2, 0) is 15.9 Å². The van der Waals surface area contributed by atoms with E-state index in [1.54, 1.807) is 13.2 Å². The maximum absolute atomic E-state index is 11.0. The van der Waals surface area contributed by atoms with E-state index in [0.717, 1.165) is 22.4 Å². The normalized spacial score (nSPS) is 10.7. The zero-order valence-electron chi connectivity index (χ0n) is 11.9. The van der Waals surface area contributed by atoms with Crippen LogP contribution in [0.5, 0.6) is 0 Å². The van der Waals surface area contributed by atoms with Crippen molar-refractivity contribution in [3.63, 3.8) is 0 Å². The number of rotatable bonds is 8. The zero-order valence-corrected chi connectivity index (χ0v) is 12.7. The predicted octanol–water partition coefficient (Wildman–Crippen LogP) is 3.32. The number of aromatic carboxylic acids is 1. The summed E-state index contributed by atoms with van der Waals surface area (Å²) >= 11 is 1.30. The first kappa shape index (κ1) is 15.7. The van der Waals surface area contributed by atoms with Crippen LogP contribution >= 0.6 is 11.3 Å². The average molecular weight is 306 g/mol. The molecule has 0 saturated carbocycles. The van der Waals surface area contributed by atoms with Crippen LogP contribution in [0, 0.1) is 0 Å². The maximum atomic E-state index is 11.0. The highest BCUT2D eigenvalue weighted by Gasteiger charge is 2.11. The summed E-state index contributed by atoms with van der Waals surface area (Å²) in [4.78, 5) is 12.3. The highest BCUT2D eigenvalue weighted by atomic mass is 32.1. The SMILES string of the molecule is COCCOCCc1ccccc1-c1ccc(C(=O)O)s1. The van der Waals surface area contributed by atoms with Crippen molar-refractivity contribution in [2.45, 2.75) is 6.42 Å². The minimum Gasteiger partial charge on any atom is -0.477 e. The molecule has 1 aromatic heterocycles. The van der Waals surface area contributed by atoms with Crippen molar-refractivity contribution >= 4 is 17.3 Å². The third kappa shape index (κ3) is 4.39. The quantitative estimate of drug-likeness (QED) is 0.760. The Hall–Kier alpha value is -1.69. The van der Waals surface area contributed by atoms with E-state index in [1.807, 2.05) is 24.3 Å². The smallest absolute Gasteiger partial charge is 0.345 e. The summed E-state index contributed by atoms with van der Waals surface area (Å²) in [5.41, 5.74) is 2.24. The second kappa shape index (κ2) is 7.93.